The molecule has 168 valence electrons. The molecule has 0 unspecified atom stereocenters. The first-order valence-electron chi connectivity index (χ1n) is 11.3. The highest BCUT2D eigenvalue weighted by Gasteiger charge is 2.12. The van der Waals surface area contributed by atoms with Crippen LogP contribution in [-0.4, -0.2) is 62.7 Å². The van der Waals surface area contributed by atoms with Crippen LogP contribution in [-0.2, 0) is 30.9 Å². The topological polar surface area (TPSA) is 52.1 Å². The molecule has 31 heavy (non-hydrogen) atoms. The van der Waals surface area contributed by atoms with Gasteiger partial charge in [-0.3, -0.25) is 4.90 Å². The molecule has 0 bridgehead atoms. The van der Waals surface area contributed by atoms with E-state index in [2.05, 4.69) is 90.0 Å². The monoisotopic (exact) mass is 423 g/mol. The smallest absolute Gasteiger partial charge is 0.191 e. The number of hydrogen-bond donors (Lipinski definition) is 2. The Hall–Kier alpha value is -2.41. The van der Waals surface area contributed by atoms with Crippen molar-refractivity contribution < 1.29 is 4.74 Å². The van der Waals surface area contributed by atoms with Gasteiger partial charge in [-0.2, -0.15) is 0 Å². The summed E-state index contributed by atoms with van der Waals surface area (Å²) in [4.78, 5) is 9.54. The number of nitrogens with zero attached hydrogens (tertiary/aromatic N) is 3. The number of ether oxygens (including phenoxy) is 1. The lowest BCUT2D eigenvalue weighted by Crippen LogP contribution is -2.37. The van der Waals surface area contributed by atoms with Crippen molar-refractivity contribution in [2.45, 2.75) is 33.1 Å². The molecule has 3 rings (SSSR count). The van der Waals surface area contributed by atoms with Crippen LogP contribution in [0.5, 0.6) is 0 Å². The van der Waals surface area contributed by atoms with E-state index < -0.39 is 0 Å². The summed E-state index contributed by atoms with van der Waals surface area (Å²) in [6.07, 6.45) is 0. The van der Waals surface area contributed by atoms with Gasteiger partial charge in [-0.15, -0.1) is 0 Å². The molecule has 2 N–H and O–H groups in total. The highest BCUT2D eigenvalue weighted by atomic mass is 16.5. The lowest BCUT2D eigenvalue weighted by atomic mass is 10.1. The second-order valence-corrected chi connectivity index (χ2v) is 8.21. The Morgan fingerprint density at radius 2 is 1.58 bits per heavy atom. The third-order valence-corrected chi connectivity index (χ3v) is 5.42. The van der Waals surface area contributed by atoms with Crippen molar-refractivity contribution in [3.63, 3.8) is 0 Å². The second-order valence-electron chi connectivity index (χ2n) is 8.21. The highest BCUT2D eigenvalue weighted by Crippen LogP contribution is 2.14. The van der Waals surface area contributed by atoms with Gasteiger partial charge < -0.3 is 20.3 Å². The van der Waals surface area contributed by atoms with Crippen molar-refractivity contribution >= 4 is 5.96 Å². The van der Waals surface area contributed by atoms with Crippen molar-refractivity contribution in [2.75, 3.05) is 46.9 Å². The molecular weight excluding hydrogens is 386 g/mol. The number of aliphatic imine (C=N–C) groups is 1. The van der Waals surface area contributed by atoms with E-state index in [-0.39, 0.29) is 0 Å². The van der Waals surface area contributed by atoms with Crippen LogP contribution in [0.1, 0.15) is 29.2 Å². The maximum atomic E-state index is 5.48. The van der Waals surface area contributed by atoms with Gasteiger partial charge in [-0.1, -0.05) is 48.5 Å². The molecule has 0 atom stereocenters. The minimum atomic E-state index is 0.662. The average Bonchev–Trinajstić information content (AvgIpc) is 2.78. The molecule has 0 amide bonds. The first kappa shape index (κ1) is 23.3. The molecule has 0 saturated carbocycles. The number of guanidine groups is 1. The number of benzene rings is 2. The summed E-state index contributed by atoms with van der Waals surface area (Å²) in [5, 5.41) is 6.90. The Labute approximate surface area is 187 Å². The summed E-state index contributed by atoms with van der Waals surface area (Å²) in [5.74, 6) is 0.850. The van der Waals surface area contributed by atoms with Crippen LogP contribution in [0.25, 0.3) is 0 Å². The number of nitrogens with one attached hydrogen (secondary N) is 2. The molecule has 0 aliphatic carbocycles. The quantitative estimate of drug-likeness (QED) is 0.480. The van der Waals surface area contributed by atoms with E-state index in [4.69, 9.17) is 9.73 Å². The van der Waals surface area contributed by atoms with Crippen molar-refractivity contribution in [3.05, 3.63) is 70.8 Å². The molecule has 1 heterocycles. The van der Waals surface area contributed by atoms with E-state index >= 15 is 0 Å². The van der Waals surface area contributed by atoms with Crippen molar-refractivity contribution in [3.8, 4) is 0 Å². The Balaban J connectivity index is 1.65. The van der Waals surface area contributed by atoms with E-state index in [1.165, 1.54) is 22.3 Å². The van der Waals surface area contributed by atoms with Gasteiger partial charge in [0.1, 0.15) is 0 Å². The summed E-state index contributed by atoms with van der Waals surface area (Å²) in [6, 6.07) is 17.2. The molecule has 1 fully saturated rings. The maximum absolute atomic E-state index is 5.48. The van der Waals surface area contributed by atoms with E-state index in [0.29, 0.717) is 6.54 Å². The Kier molecular flexibility index (Phi) is 9.34. The van der Waals surface area contributed by atoms with Gasteiger partial charge in [0.05, 0.1) is 19.8 Å². The van der Waals surface area contributed by atoms with Gasteiger partial charge in [-0.05, 0) is 43.3 Å². The zero-order valence-electron chi connectivity index (χ0n) is 19.2. The van der Waals surface area contributed by atoms with Gasteiger partial charge in [0.2, 0.25) is 0 Å². The van der Waals surface area contributed by atoms with Crippen LogP contribution < -0.4 is 10.6 Å². The largest absolute Gasteiger partial charge is 0.379 e. The Morgan fingerprint density at radius 1 is 0.935 bits per heavy atom. The lowest BCUT2D eigenvalue weighted by molar-refractivity contribution is 0.0341. The number of hydrogen-bond acceptors (Lipinski definition) is 4. The second kappa shape index (κ2) is 12.4. The van der Waals surface area contributed by atoms with Crippen molar-refractivity contribution in [1.82, 2.24) is 20.4 Å². The van der Waals surface area contributed by atoms with E-state index in [1.807, 2.05) is 0 Å². The van der Waals surface area contributed by atoms with Crippen LogP contribution in [0.15, 0.2) is 53.5 Å². The van der Waals surface area contributed by atoms with Gasteiger partial charge in [0.15, 0.2) is 5.96 Å². The van der Waals surface area contributed by atoms with Crippen molar-refractivity contribution in [2.24, 2.45) is 4.99 Å². The standard InChI is InChI=1S/C25H37N5O/c1-4-26-25(27-17-21-9-5-7-11-23(21)19-29(2)3)28-18-22-10-6-8-12-24(22)20-30-13-15-31-16-14-30/h5-12H,4,13-20H2,1-3H3,(H2,26,27,28). The molecule has 1 aliphatic heterocycles. The Morgan fingerprint density at radius 3 is 2.26 bits per heavy atom. The molecular formula is C25H37N5O. The van der Waals surface area contributed by atoms with Crippen LogP contribution >= 0.6 is 0 Å². The fourth-order valence-electron chi connectivity index (χ4n) is 3.78. The normalized spacial score (nSPS) is 15.3. The average molecular weight is 424 g/mol. The zero-order chi connectivity index (χ0) is 21.9. The first-order chi connectivity index (χ1) is 15.2. The predicted octanol–water partition coefficient (Wildman–Crippen LogP) is 2.84. The number of morpholine rings is 1. The fraction of sp³-hybridized carbons (Fsp3) is 0.480. The molecule has 0 spiro atoms. The summed E-state index contributed by atoms with van der Waals surface area (Å²) in [6.45, 7) is 9.87. The van der Waals surface area contributed by atoms with E-state index in [1.54, 1.807) is 0 Å². The fourth-order valence-corrected chi connectivity index (χ4v) is 3.78. The Bertz CT molecular complexity index is 830. The molecule has 1 aliphatic rings. The van der Waals surface area contributed by atoms with Crippen LogP contribution in [0.4, 0.5) is 0 Å². The van der Waals surface area contributed by atoms with E-state index in [0.717, 1.165) is 58.4 Å². The highest BCUT2D eigenvalue weighted by molar-refractivity contribution is 5.79. The van der Waals surface area contributed by atoms with Gasteiger partial charge in [0.25, 0.3) is 0 Å². The molecule has 6 heteroatoms. The first-order valence-corrected chi connectivity index (χ1v) is 11.3. The van der Waals surface area contributed by atoms with Crippen LogP contribution in [0.3, 0.4) is 0 Å². The summed E-state index contributed by atoms with van der Waals surface area (Å²) in [5.41, 5.74) is 5.26. The van der Waals surface area contributed by atoms with Crippen LogP contribution in [0.2, 0.25) is 0 Å². The molecule has 1 saturated heterocycles. The maximum Gasteiger partial charge on any atom is 0.191 e. The summed E-state index contributed by atoms with van der Waals surface area (Å²) >= 11 is 0. The van der Waals surface area contributed by atoms with Crippen LogP contribution in [0, 0.1) is 0 Å². The molecule has 2 aromatic rings. The molecule has 2 aromatic carbocycles. The third-order valence-electron chi connectivity index (χ3n) is 5.42. The minimum absolute atomic E-state index is 0.662. The SMILES string of the molecule is CCNC(=NCc1ccccc1CN1CCOCC1)NCc1ccccc1CN(C)C. The third kappa shape index (κ3) is 7.65. The van der Waals surface area contributed by atoms with Gasteiger partial charge in [-0.25, -0.2) is 4.99 Å². The minimum Gasteiger partial charge on any atom is -0.379 e. The number of rotatable bonds is 9. The zero-order valence-corrected chi connectivity index (χ0v) is 19.2. The van der Waals surface area contributed by atoms with Gasteiger partial charge in [0, 0.05) is 39.3 Å². The van der Waals surface area contributed by atoms with Gasteiger partial charge >= 0.3 is 0 Å². The summed E-state index contributed by atoms with van der Waals surface area (Å²) in [7, 11) is 4.20. The van der Waals surface area contributed by atoms with Crippen molar-refractivity contribution in [1.29, 1.82) is 0 Å². The van der Waals surface area contributed by atoms with E-state index in [9.17, 15) is 0 Å². The lowest BCUT2D eigenvalue weighted by Gasteiger charge is -2.27. The molecule has 6 nitrogen and oxygen atoms in total. The molecule has 0 aromatic heterocycles. The predicted molar refractivity (Wildman–Crippen MR) is 128 cm³/mol. The molecule has 0 radical (unpaired) electrons. The summed E-state index contributed by atoms with van der Waals surface area (Å²) < 4.78 is 5.48.